The Morgan fingerprint density at radius 2 is 2.25 bits per heavy atom. The van der Waals surface area contributed by atoms with Gasteiger partial charge >= 0.3 is 0 Å². The van der Waals surface area contributed by atoms with Crippen LogP contribution < -0.4 is 9.64 Å². The van der Waals surface area contributed by atoms with Gasteiger partial charge in [0.2, 0.25) is 5.91 Å². The molecule has 28 heavy (non-hydrogen) atoms. The van der Waals surface area contributed by atoms with E-state index >= 15 is 0 Å². The Morgan fingerprint density at radius 1 is 1.39 bits per heavy atom. The first-order chi connectivity index (χ1) is 13.6. The summed E-state index contributed by atoms with van der Waals surface area (Å²) >= 11 is 0. The molecule has 2 bridgehead atoms. The number of nitrogens with zero attached hydrogens (tertiary/aromatic N) is 2. The Hall–Kier alpha value is -2.31. The zero-order valence-electron chi connectivity index (χ0n) is 15.9. The molecule has 1 aromatic rings. The molecular weight excluding hydrogens is 356 g/mol. The number of phenolic OH excluding ortho intramolecular Hbond substituents is 1. The third kappa shape index (κ3) is 1.70. The summed E-state index contributed by atoms with van der Waals surface area (Å²) in [5, 5.41) is 20.5. The number of hydrogen-bond donors (Lipinski definition) is 2. The van der Waals surface area contributed by atoms with E-state index in [9.17, 15) is 15.0 Å². The number of benzene rings is 1. The molecule has 1 spiro atoms. The van der Waals surface area contributed by atoms with Crippen molar-refractivity contribution in [3.05, 3.63) is 41.0 Å². The van der Waals surface area contributed by atoms with Crippen LogP contribution in [0.5, 0.6) is 11.5 Å². The lowest BCUT2D eigenvalue weighted by Gasteiger charge is -2.54. The Kier molecular flexibility index (Phi) is 3.20. The highest BCUT2D eigenvalue weighted by Crippen LogP contribution is 2.66. The van der Waals surface area contributed by atoms with Crippen molar-refractivity contribution in [1.29, 1.82) is 0 Å². The van der Waals surface area contributed by atoms with Crippen LogP contribution in [0.3, 0.4) is 0 Å². The predicted molar refractivity (Wildman–Crippen MR) is 104 cm³/mol. The van der Waals surface area contributed by atoms with Crippen LogP contribution in [-0.2, 0) is 10.2 Å². The number of fused-ring (bicyclic) bond motifs is 4. The zero-order chi connectivity index (χ0) is 19.2. The van der Waals surface area contributed by atoms with E-state index in [2.05, 4.69) is 17.0 Å². The Bertz CT molecular complexity index is 968. The maximum Gasteiger partial charge on any atom is 0.231 e. The predicted octanol–water partition coefficient (Wildman–Crippen LogP) is 1.71. The summed E-state index contributed by atoms with van der Waals surface area (Å²) in [5.74, 6) is 0.814. The summed E-state index contributed by atoms with van der Waals surface area (Å²) in [5.41, 5.74) is 4.15. The van der Waals surface area contributed by atoms with E-state index in [1.165, 1.54) is 11.1 Å². The molecule has 2 N–H and O–H groups in total. The van der Waals surface area contributed by atoms with Crippen molar-refractivity contribution >= 4 is 11.6 Å². The molecule has 1 aromatic carbocycles. The van der Waals surface area contributed by atoms with E-state index in [1.54, 1.807) is 7.11 Å². The molecule has 1 saturated carbocycles. The van der Waals surface area contributed by atoms with Gasteiger partial charge in [0.15, 0.2) is 11.5 Å². The van der Waals surface area contributed by atoms with E-state index in [0.29, 0.717) is 23.9 Å². The normalized spacial score (nSPS) is 36.4. The van der Waals surface area contributed by atoms with Crippen molar-refractivity contribution in [2.45, 2.75) is 36.8 Å². The molecule has 6 heteroatoms. The summed E-state index contributed by atoms with van der Waals surface area (Å²) in [6, 6.07) is 4.21. The molecule has 5 aliphatic rings. The van der Waals surface area contributed by atoms with E-state index in [-0.39, 0.29) is 35.6 Å². The van der Waals surface area contributed by atoms with Gasteiger partial charge in [-0.05, 0) is 36.6 Å². The summed E-state index contributed by atoms with van der Waals surface area (Å²) in [6.07, 6.45) is 6.43. The molecule has 3 fully saturated rings. The first-order valence-corrected chi connectivity index (χ1v) is 10.1. The molecule has 4 unspecified atom stereocenters. The van der Waals surface area contributed by atoms with Crippen LogP contribution in [-0.4, -0.2) is 59.9 Å². The minimum Gasteiger partial charge on any atom is -0.503 e. The Labute approximate surface area is 163 Å². The molecule has 4 aliphatic heterocycles. The number of hydrogen-bond acceptors (Lipinski definition) is 5. The lowest BCUT2D eigenvalue weighted by Crippen LogP contribution is -2.62. The number of methoxy groups -OCH3 is 1. The number of anilines is 1. The lowest BCUT2D eigenvalue weighted by molar-refractivity contribution is -0.118. The number of rotatable bonds is 2. The summed E-state index contributed by atoms with van der Waals surface area (Å²) in [6.45, 7) is 1.90. The van der Waals surface area contributed by atoms with Crippen molar-refractivity contribution < 1.29 is 19.7 Å². The number of phenols is 1. The number of aliphatic hydroxyl groups excluding tert-OH is 1. The zero-order valence-corrected chi connectivity index (χ0v) is 15.9. The second-order valence-corrected chi connectivity index (χ2v) is 8.61. The van der Waals surface area contributed by atoms with Gasteiger partial charge in [0.05, 0.1) is 25.4 Å². The summed E-state index contributed by atoms with van der Waals surface area (Å²) < 4.78 is 5.36. The van der Waals surface area contributed by atoms with Gasteiger partial charge in [-0.15, -0.1) is 0 Å². The van der Waals surface area contributed by atoms with E-state index < -0.39 is 0 Å². The molecule has 1 aliphatic carbocycles. The summed E-state index contributed by atoms with van der Waals surface area (Å²) in [4.78, 5) is 17.5. The first-order valence-electron chi connectivity index (χ1n) is 10.1. The second kappa shape index (κ2) is 5.39. The Morgan fingerprint density at radius 3 is 3.04 bits per heavy atom. The quantitative estimate of drug-likeness (QED) is 0.765. The number of amides is 1. The third-order valence-electron chi connectivity index (χ3n) is 7.82. The minimum atomic E-state index is -0.164. The standard InChI is InChI=1S/C22H24N2O4/c1-28-16-4-3-15-19(20(16)27)24-18(26)5-2-13-14-10-17-22(15,21(13)24)7-8-23(17)11-12(14)6-9-25/h2-4,6,14,17,21,25,27H,5,7-11H2,1H3. The van der Waals surface area contributed by atoms with Gasteiger partial charge < -0.3 is 19.8 Å². The number of aliphatic hydroxyl groups is 1. The highest BCUT2D eigenvalue weighted by Gasteiger charge is 2.67. The minimum absolute atomic E-state index is 0.0431. The van der Waals surface area contributed by atoms with Crippen LogP contribution in [0.25, 0.3) is 0 Å². The lowest BCUT2D eigenvalue weighted by atomic mass is 9.57. The van der Waals surface area contributed by atoms with Gasteiger partial charge in [0, 0.05) is 30.3 Å². The van der Waals surface area contributed by atoms with Crippen molar-refractivity contribution in [2.24, 2.45) is 5.92 Å². The van der Waals surface area contributed by atoms with Crippen molar-refractivity contribution in [3.8, 4) is 11.5 Å². The van der Waals surface area contributed by atoms with Gasteiger partial charge in [-0.25, -0.2) is 0 Å². The molecule has 1 amide bonds. The average molecular weight is 380 g/mol. The fourth-order valence-corrected chi connectivity index (χ4v) is 6.87. The first kappa shape index (κ1) is 16.6. The van der Waals surface area contributed by atoms with Gasteiger partial charge in [-0.3, -0.25) is 9.69 Å². The summed E-state index contributed by atoms with van der Waals surface area (Å²) in [7, 11) is 1.54. The topological polar surface area (TPSA) is 73.2 Å². The van der Waals surface area contributed by atoms with Gasteiger partial charge in [-0.1, -0.05) is 23.8 Å². The molecule has 0 radical (unpaired) electrons. The largest absolute Gasteiger partial charge is 0.503 e. The molecule has 4 atom stereocenters. The van der Waals surface area contributed by atoms with Crippen LogP contribution >= 0.6 is 0 Å². The molecule has 4 heterocycles. The molecular formula is C22H24N2O4. The maximum absolute atomic E-state index is 13.1. The van der Waals surface area contributed by atoms with Crippen LogP contribution in [0.4, 0.5) is 5.69 Å². The number of aromatic hydroxyl groups is 1. The average Bonchev–Trinajstić information content (AvgIpc) is 3.23. The smallest absolute Gasteiger partial charge is 0.231 e. The third-order valence-corrected chi connectivity index (χ3v) is 7.82. The molecule has 0 aromatic heterocycles. The number of carbonyl (C=O) groups is 1. The second-order valence-electron chi connectivity index (χ2n) is 8.61. The highest BCUT2D eigenvalue weighted by atomic mass is 16.5. The SMILES string of the molecule is COc1ccc2c(c1O)N1C(=O)CC=C3C4CC5N(CCC25C31)CC4=CCO. The van der Waals surface area contributed by atoms with Crippen LogP contribution in [0, 0.1) is 5.92 Å². The molecule has 6 rings (SSSR count). The van der Waals surface area contributed by atoms with Crippen molar-refractivity contribution in [2.75, 3.05) is 31.7 Å². The van der Waals surface area contributed by atoms with Gasteiger partial charge in [-0.2, -0.15) is 0 Å². The highest BCUT2D eigenvalue weighted by molar-refractivity contribution is 6.03. The molecule has 2 saturated heterocycles. The molecule has 146 valence electrons. The number of ether oxygens (including phenoxy) is 1. The fraction of sp³-hybridized carbons (Fsp3) is 0.500. The van der Waals surface area contributed by atoms with E-state index in [4.69, 9.17) is 4.74 Å². The van der Waals surface area contributed by atoms with Crippen LogP contribution in [0.1, 0.15) is 24.8 Å². The van der Waals surface area contributed by atoms with Crippen LogP contribution in [0.15, 0.2) is 35.4 Å². The number of carbonyl (C=O) groups excluding carboxylic acids is 1. The fourth-order valence-electron chi connectivity index (χ4n) is 6.87. The van der Waals surface area contributed by atoms with Gasteiger partial charge in [0.25, 0.3) is 0 Å². The monoisotopic (exact) mass is 380 g/mol. The van der Waals surface area contributed by atoms with E-state index in [1.807, 2.05) is 17.0 Å². The van der Waals surface area contributed by atoms with E-state index in [0.717, 1.165) is 31.5 Å². The number of piperidine rings is 1. The van der Waals surface area contributed by atoms with Crippen molar-refractivity contribution in [3.63, 3.8) is 0 Å². The maximum atomic E-state index is 13.1. The Balaban J connectivity index is 1.64. The van der Waals surface area contributed by atoms with Gasteiger partial charge in [0.1, 0.15) is 0 Å². The van der Waals surface area contributed by atoms with Crippen LogP contribution in [0.2, 0.25) is 0 Å². The molecule has 6 nitrogen and oxygen atoms in total. The van der Waals surface area contributed by atoms with Crippen molar-refractivity contribution in [1.82, 2.24) is 4.90 Å².